The van der Waals surface area contributed by atoms with Crippen molar-refractivity contribution >= 4 is 40.3 Å². The van der Waals surface area contributed by atoms with Gasteiger partial charge in [0.1, 0.15) is 5.70 Å². The van der Waals surface area contributed by atoms with E-state index < -0.39 is 18.0 Å². The third kappa shape index (κ3) is 2.82. The molecule has 0 radical (unpaired) electrons. The van der Waals surface area contributed by atoms with E-state index in [9.17, 15) is 19.8 Å². The number of fused-ring (bicyclic) bond motifs is 1. The SMILES string of the molecule is COC(=O)C1=C(CN2Sc3cc(CO)cc4cccc2c34)[C@H](C)C2[C@@H](C(C)O)C(=O)N12. The van der Waals surface area contributed by atoms with Gasteiger partial charge in [-0.3, -0.25) is 4.79 Å². The number of aliphatic hydroxyl groups is 2. The molecule has 1 amide bonds. The van der Waals surface area contributed by atoms with Gasteiger partial charge in [-0.25, -0.2) is 4.79 Å². The Morgan fingerprint density at radius 3 is 2.77 bits per heavy atom. The molecule has 3 aliphatic heterocycles. The molecule has 2 N–H and O–H groups in total. The van der Waals surface area contributed by atoms with E-state index >= 15 is 0 Å². The van der Waals surface area contributed by atoms with Crippen LogP contribution in [0.25, 0.3) is 10.8 Å². The van der Waals surface area contributed by atoms with Gasteiger partial charge in [0.05, 0.1) is 44.0 Å². The minimum Gasteiger partial charge on any atom is -0.464 e. The topological polar surface area (TPSA) is 90.3 Å². The van der Waals surface area contributed by atoms with Gasteiger partial charge in [-0.15, -0.1) is 0 Å². The smallest absolute Gasteiger partial charge is 0.354 e. The van der Waals surface area contributed by atoms with Gasteiger partial charge >= 0.3 is 5.97 Å². The number of methoxy groups -OCH3 is 1. The number of β-lactam (4-membered cyclic amide) rings is 1. The molecule has 2 aromatic rings. The molecular weight excluding hydrogens is 416 g/mol. The van der Waals surface area contributed by atoms with Gasteiger partial charge in [-0.2, -0.15) is 0 Å². The van der Waals surface area contributed by atoms with Gasteiger partial charge in [-0.1, -0.05) is 19.1 Å². The minimum absolute atomic E-state index is 0.0259. The van der Waals surface area contributed by atoms with Crippen LogP contribution in [0.3, 0.4) is 0 Å². The number of rotatable bonds is 5. The van der Waals surface area contributed by atoms with Gasteiger partial charge in [0.15, 0.2) is 0 Å². The van der Waals surface area contributed by atoms with Crippen LogP contribution in [0.15, 0.2) is 46.5 Å². The molecule has 0 bridgehead atoms. The van der Waals surface area contributed by atoms with Crippen LogP contribution in [-0.2, 0) is 20.9 Å². The first-order chi connectivity index (χ1) is 14.9. The van der Waals surface area contributed by atoms with Crippen molar-refractivity contribution in [1.82, 2.24) is 4.90 Å². The zero-order valence-electron chi connectivity index (χ0n) is 17.5. The average molecular weight is 441 g/mol. The molecule has 5 rings (SSSR count). The molecule has 1 fully saturated rings. The molecule has 4 atom stereocenters. The van der Waals surface area contributed by atoms with Crippen molar-refractivity contribution in [3.8, 4) is 0 Å². The number of anilines is 1. The predicted molar refractivity (Wildman–Crippen MR) is 117 cm³/mol. The number of ether oxygens (including phenoxy) is 1. The second kappa shape index (κ2) is 7.25. The summed E-state index contributed by atoms with van der Waals surface area (Å²) in [5, 5.41) is 21.9. The minimum atomic E-state index is -0.773. The molecule has 2 aromatic carbocycles. The van der Waals surface area contributed by atoms with Crippen molar-refractivity contribution < 1.29 is 24.5 Å². The molecule has 2 unspecified atom stereocenters. The molecular formula is C23H24N2O5S. The second-order valence-corrected chi connectivity index (χ2v) is 9.44. The van der Waals surface area contributed by atoms with Crippen LogP contribution in [0.2, 0.25) is 0 Å². The Balaban J connectivity index is 1.54. The van der Waals surface area contributed by atoms with E-state index in [0.717, 1.165) is 32.5 Å². The van der Waals surface area contributed by atoms with E-state index in [1.165, 1.54) is 12.0 Å². The maximum absolute atomic E-state index is 12.7. The number of amides is 1. The van der Waals surface area contributed by atoms with Crippen molar-refractivity contribution in [1.29, 1.82) is 0 Å². The van der Waals surface area contributed by atoms with E-state index in [0.29, 0.717) is 12.2 Å². The maximum atomic E-state index is 12.7. The van der Waals surface area contributed by atoms with Crippen molar-refractivity contribution in [2.24, 2.45) is 11.8 Å². The molecule has 7 nitrogen and oxygen atoms in total. The quantitative estimate of drug-likeness (QED) is 0.419. The molecule has 3 heterocycles. The van der Waals surface area contributed by atoms with Gasteiger partial charge in [-0.05, 0) is 53.6 Å². The van der Waals surface area contributed by atoms with Crippen molar-refractivity contribution in [2.45, 2.75) is 37.5 Å². The Labute approximate surface area is 184 Å². The molecule has 0 saturated carbocycles. The molecule has 0 spiro atoms. The number of benzene rings is 2. The highest BCUT2D eigenvalue weighted by Crippen LogP contribution is 2.51. The Hall–Kier alpha value is -2.55. The van der Waals surface area contributed by atoms with Crippen molar-refractivity contribution in [3.05, 3.63) is 47.2 Å². The predicted octanol–water partition coefficient (Wildman–Crippen LogP) is 2.44. The molecule has 162 valence electrons. The number of carbonyl (C=O) groups excluding carboxylic acids is 2. The fraction of sp³-hybridized carbons (Fsp3) is 0.391. The van der Waals surface area contributed by atoms with Crippen molar-refractivity contribution in [2.75, 3.05) is 18.0 Å². The Kier molecular flexibility index (Phi) is 4.76. The van der Waals surface area contributed by atoms with E-state index in [2.05, 4.69) is 4.31 Å². The van der Waals surface area contributed by atoms with Gasteiger partial charge in [0.25, 0.3) is 0 Å². The number of hydrogen-bond acceptors (Lipinski definition) is 7. The van der Waals surface area contributed by atoms with Gasteiger partial charge < -0.3 is 24.2 Å². The summed E-state index contributed by atoms with van der Waals surface area (Å²) in [6.07, 6.45) is -0.773. The Morgan fingerprint density at radius 2 is 2.10 bits per heavy atom. The third-order valence-corrected chi connectivity index (χ3v) is 7.71. The van der Waals surface area contributed by atoms with Gasteiger partial charge in [0, 0.05) is 16.2 Å². The monoisotopic (exact) mass is 440 g/mol. The van der Waals surface area contributed by atoms with Crippen LogP contribution >= 0.6 is 11.9 Å². The highest BCUT2D eigenvalue weighted by Gasteiger charge is 2.60. The lowest BCUT2D eigenvalue weighted by molar-refractivity contribution is -0.163. The molecule has 0 aliphatic carbocycles. The highest BCUT2D eigenvalue weighted by atomic mass is 32.2. The van der Waals surface area contributed by atoms with Crippen LogP contribution in [0, 0.1) is 11.8 Å². The summed E-state index contributed by atoms with van der Waals surface area (Å²) in [6.45, 7) is 4.05. The number of nitrogens with zero attached hydrogens (tertiary/aromatic N) is 2. The van der Waals surface area contributed by atoms with E-state index in [4.69, 9.17) is 4.74 Å². The van der Waals surface area contributed by atoms with Crippen LogP contribution in [0.4, 0.5) is 5.69 Å². The summed E-state index contributed by atoms with van der Waals surface area (Å²) in [6, 6.07) is 9.80. The molecule has 31 heavy (non-hydrogen) atoms. The van der Waals surface area contributed by atoms with Crippen LogP contribution in [-0.4, -0.2) is 52.8 Å². The molecule has 1 saturated heterocycles. The normalized spacial score (nSPS) is 25.2. The lowest BCUT2D eigenvalue weighted by atomic mass is 9.78. The summed E-state index contributed by atoms with van der Waals surface area (Å²) in [7, 11) is 1.32. The van der Waals surface area contributed by atoms with E-state index in [1.54, 1.807) is 18.9 Å². The third-order valence-electron chi connectivity index (χ3n) is 6.65. The summed E-state index contributed by atoms with van der Waals surface area (Å²) in [5.74, 6) is -1.34. The zero-order chi connectivity index (χ0) is 22.0. The van der Waals surface area contributed by atoms with Gasteiger partial charge in [0.2, 0.25) is 5.91 Å². The first-order valence-electron chi connectivity index (χ1n) is 10.3. The molecule has 3 aliphatic rings. The number of aliphatic hydroxyl groups excluding tert-OH is 2. The van der Waals surface area contributed by atoms with E-state index in [-0.39, 0.29) is 24.5 Å². The number of hydrogen-bond donors (Lipinski definition) is 2. The largest absolute Gasteiger partial charge is 0.464 e. The summed E-state index contributed by atoms with van der Waals surface area (Å²) in [5.41, 5.74) is 3.04. The number of carbonyl (C=O) groups is 2. The summed E-state index contributed by atoms with van der Waals surface area (Å²) in [4.78, 5) is 28.0. The second-order valence-electron chi connectivity index (χ2n) is 8.37. The Bertz CT molecular complexity index is 1140. The maximum Gasteiger partial charge on any atom is 0.354 e. The molecule has 8 heteroatoms. The summed E-state index contributed by atoms with van der Waals surface area (Å²) >= 11 is 1.57. The average Bonchev–Trinajstić information content (AvgIpc) is 3.22. The lowest BCUT2D eigenvalue weighted by Gasteiger charge is -2.46. The fourth-order valence-electron chi connectivity index (χ4n) is 5.18. The standard InChI is InChI=1S/C23H24N2O5S/c1-11-15(21(23(29)30-3)25-20(11)18(12(2)27)22(25)28)9-24-16-6-4-5-14-7-13(10-26)8-17(31-24)19(14)16/h4-8,11-12,18,20,26-27H,9-10H2,1-3H3/t11-,12?,18+,20?/m0/s1. The Morgan fingerprint density at radius 1 is 1.32 bits per heavy atom. The van der Waals surface area contributed by atoms with Crippen LogP contribution < -0.4 is 4.31 Å². The lowest BCUT2D eigenvalue weighted by Crippen LogP contribution is -2.63. The molecule has 0 aromatic heterocycles. The first kappa shape index (κ1) is 20.4. The summed E-state index contributed by atoms with van der Waals surface area (Å²) < 4.78 is 7.14. The number of esters is 1. The van der Waals surface area contributed by atoms with Crippen LogP contribution in [0.5, 0.6) is 0 Å². The van der Waals surface area contributed by atoms with Crippen LogP contribution in [0.1, 0.15) is 19.4 Å². The van der Waals surface area contributed by atoms with E-state index in [1.807, 2.05) is 37.3 Å². The first-order valence-corrected chi connectivity index (χ1v) is 11.1. The zero-order valence-corrected chi connectivity index (χ0v) is 18.3. The van der Waals surface area contributed by atoms with Crippen molar-refractivity contribution in [3.63, 3.8) is 0 Å². The highest BCUT2D eigenvalue weighted by molar-refractivity contribution is 8.01. The fourth-order valence-corrected chi connectivity index (χ4v) is 6.39.